The third-order valence-electron chi connectivity index (χ3n) is 9.21. The van der Waals surface area contributed by atoms with E-state index < -0.39 is 43.4 Å². The highest BCUT2D eigenvalue weighted by molar-refractivity contribution is 7.86. The monoisotopic (exact) mass is 664 g/mol. The minimum absolute atomic E-state index is 0.0128. The summed E-state index contributed by atoms with van der Waals surface area (Å²) in [4.78, 5) is 18.4. The third-order valence-corrected chi connectivity index (χ3v) is 10.8. The number of carboxylic acids is 1. The number of anilines is 1. The molecule has 0 spiro atoms. The SMILES string of the molecule is CC1CC(C)(C)N(CCCS(=O)(=O)O)c2cc3c(cc21)N=c1cc2c(cc1O3)=[N+](CCCC(=O)O)C(C)(C)CC2CS(=O)(=O)O. The highest BCUT2D eigenvalue weighted by atomic mass is 32.2. The number of hydrogen-bond acceptors (Lipinski definition) is 8. The lowest BCUT2D eigenvalue weighted by molar-refractivity contribution is -0.137. The Morgan fingerprint density at radius 1 is 1.00 bits per heavy atom. The van der Waals surface area contributed by atoms with Gasteiger partial charge in [-0.3, -0.25) is 13.9 Å². The van der Waals surface area contributed by atoms with Gasteiger partial charge in [-0.1, -0.05) is 6.92 Å². The second kappa shape index (κ2) is 11.6. The molecule has 3 heterocycles. The largest absolute Gasteiger partial charge is 0.481 e. The molecule has 0 aliphatic carbocycles. The summed E-state index contributed by atoms with van der Waals surface area (Å²) < 4.78 is 74.5. The number of nitrogens with zero attached hydrogens (tertiary/aromatic N) is 3. The van der Waals surface area contributed by atoms with Gasteiger partial charge in [0, 0.05) is 48.2 Å². The Morgan fingerprint density at radius 3 is 2.36 bits per heavy atom. The van der Waals surface area contributed by atoms with Gasteiger partial charge in [-0.25, -0.2) is 9.57 Å². The van der Waals surface area contributed by atoms with Crippen LogP contribution in [-0.2, 0) is 25.0 Å². The standard InChI is InChI=1S/C31H41N3O9S2/c1-19-16-30(2,3)34(10-7-11-44(37,38)39)25-14-27-23(12-21(19)25)32-24-13-22-20(18-45(40,41)42)17-31(4,5)33(9-6-8-29(35)36)26(22)15-28(24)43-27/h12-15,19-20H,6-11,16-18H2,1-5H3,(H2-,35,36,37,38,39,40,41,42)/p+1. The molecule has 2 atom stereocenters. The van der Waals surface area contributed by atoms with E-state index in [0.29, 0.717) is 59.4 Å². The van der Waals surface area contributed by atoms with Crippen LogP contribution < -0.4 is 24.9 Å². The Morgan fingerprint density at radius 2 is 1.71 bits per heavy atom. The van der Waals surface area contributed by atoms with Gasteiger partial charge >= 0.3 is 5.97 Å². The first kappa shape index (κ1) is 33.3. The highest BCUT2D eigenvalue weighted by Gasteiger charge is 2.42. The molecule has 12 nitrogen and oxygen atoms in total. The average Bonchev–Trinajstić information content (AvgIpc) is 2.87. The number of aliphatic carboxylic acids is 1. The first-order chi connectivity index (χ1) is 20.7. The molecular weight excluding hydrogens is 622 g/mol. The number of hydrogen-bond donors (Lipinski definition) is 3. The number of benzene rings is 2. The number of ether oxygens (including phenoxy) is 1. The number of rotatable bonds is 10. The maximum Gasteiger partial charge on any atom is 0.303 e. The summed E-state index contributed by atoms with van der Waals surface area (Å²) in [6.07, 6.45) is 1.88. The van der Waals surface area contributed by atoms with Crippen molar-refractivity contribution in [3.8, 4) is 11.5 Å². The van der Waals surface area contributed by atoms with Gasteiger partial charge in [0.05, 0.1) is 24.0 Å². The summed E-state index contributed by atoms with van der Waals surface area (Å²) in [6, 6.07) is 7.55. The lowest BCUT2D eigenvalue weighted by atomic mass is 9.79. The number of carboxylic acid groups (broad SMARTS) is 1. The van der Waals surface area contributed by atoms with E-state index in [4.69, 9.17) is 9.73 Å². The molecule has 2 aromatic carbocycles. The minimum Gasteiger partial charge on any atom is -0.481 e. The fourth-order valence-corrected chi connectivity index (χ4v) is 8.71. The molecule has 0 bridgehead atoms. The lowest BCUT2D eigenvalue weighted by Gasteiger charge is -2.48. The van der Waals surface area contributed by atoms with Crippen LogP contribution in [0.25, 0.3) is 0 Å². The zero-order valence-corrected chi connectivity index (χ0v) is 27.9. The summed E-state index contributed by atoms with van der Waals surface area (Å²) in [5.41, 5.74) is 2.45. The molecule has 3 aliphatic rings. The van der Waals surface area contributed by atoms with Crippen molar-refractivity contribution in [3.63, 3.8) is 0 Å². The van der Waals surface area contributed by atoms with Crippen LogP contribution in [0.3, 0.4) is 0 Å². The van der Waals surface area contributed by atoms with Crippen molar-refractivity contribution in [1.29, 1.82) is 0 Å². The van der Waals surface area contributed by atoms with Gasteiger partial charge in [0.25, 0.3) is 20.2 Å². The van der Waals surface area contributed by atoms with Crippen LogP contribution in [0.5, 0.6) is 11.5 Å². The first-order valence-electron chi connectivity index (χ1n) is 15.2. The molecule has 246 valence electrons. The van der Waals surface area contributed by atoms with Crippen LogP contribution in [-0.4, -0.2) is 72.7 Å². The van der Waals surface area contributed by atoms with Crippen molar-refractivity contribution in [2.24, 2.45) is 4.99 Å². The van der Waals surface area contributed by atoms with Crippen molar-refractivity contribution >= 4 is 37.6 Å². The molecule has 0 saturated carbocycles. The molecule has 2 unspecified atom stereocenters. The Labute approximate surface area is 263 Å². The molecule has 45 heavy (non-hydrogen) atoms. The molecular formula is C31H42N3O9S2+. The van der Waals surface area contributed by atoms with Crippen molar-refractivity contribution in [2.75, 3.05) is 29.5 Å². The quantitative estimate of drug-likeness (QED) is 0.215. The van der Waals surface area contributed by atoms with Crippen LogP contribution in [0.4, 0.5) is 11.4 Å². The predicted molar refractivity (Wildman–Crippen MR) is 170 cm³/mol. The lowest BCUT2D eigenvalue weighted by Crippen LogP contribution is -2.54. The fourth-order valence-electron chi connectivity index (χ4n) is 7.41. The molecule has 3 N–H and O–H groups in total. The first-order valence-corrected chi connectivity index (χ1v) is 18.4. The van der Waals surface area contributed by atoms with E-state index in [-0.39, 0.29) is 30.1 Å². The predicted octanol–water partition coefficient (Wildman–Crippen LogP) is 3.62. The summed E-state index contributed by atoms with van der Waals surface area (Å²) in [5.74, 6) is -1.02. The van der Waals surface area contributed by atoms with Gasteiger partial charge < -0.3 is 14.7 Å². The van der Waals surface area contributed by atoms with E-state index >= 15 is 0 Å². The minimum atomic E-state index is -4.29. The smallest absolute Gasteiger partial charge is 0.303 e. The molecule has 0 saturated heterocycles. The van der Waals surface area contributed by atoms with E-state index in [1.807, 2.05) is 38.1 Å². The van der Waals surface area contributed by atoms with Crippen LogP contribution in [0.2, 0.25) is 0 Å². The van der Waals surface area contributed by atoms with E-state index in [1.54, 1.807) is 0 Å². The topological polar surface area (TPSA) is 174 Å². The van der Waals surface area contributed by atoms with E-state index in [9.17, 15) is 35.8 Å². The van der Waals surface area contributed by atoms with Crippen LogP contribution in [0.1, 0.15) is 89.7 Å². The van der Waals surface area contributed by atoms with Gasteiger partial charge in [-0.2, -0.15) is 16.8 Å². The normalized spacial score (nSPS) is 21.5. The van der Waals surface area contributed by atoms with Crippen LogP contribution >= 0.6 is 0 Å². The Bertz CT molecular complexity index is 1890. The van der Waals surface area contributed by atoms with Gasteiger partial charge in [-0.15, -0.1) is 0 Å². The fraction of sp³-hybridized carbons (Fsp3) is 0.581. The van der Waals surface area contributed by atoms with Crippen molar-refractivity contribution in [3.05, 3.63) is 46.1 Å². The molecule has 5 rings (SSSR count). The van der Waals surface area contributed by atoms with Crippen molar-refractivity contribution < 1.29 is 40.6 Å². The van der Waals surface area contributed by atoms with Gasteiger partial charge in [0.2, 0.25) is 5.36 Å². The Kier molecular flexibility index (Phi) is 8.60. The van der Waals surface area contributed by atoms with E-state index in [2.05, 4.69) is 30.2 Å². The van der Waals surface area contributed by atoms with Crippen molar-refractivity contribution in [2.45, 2.75) is 89.6 Å². The molecule has 3 aliphatic heterocycles. The van der Waals surface area contributed by atoms with Gasteiger partial charge in [-0.05, 0) is 64.2 Å². The number of fused-ring (bicyclic) bond motifs is 4. The van der Waals surface area contributed by atoms with Crippen LogP contribution in [0.15, 0.2) is 29.3 Å². The summed E-state index contributed by atoms with van der Waals surface area (Å²) >= 11 is 0. The Balaban J connectivity index is 1.63. The third kappa shape index (κ3) is 7.18. The van der Waals surface area contributed by atoms with Crippen LogP contribution in [0, 0.1) is 0 Å². The van der Waals surface area contributed by atoms with Crippen molar-refractivity contribution in [1.82, 2.24) is 4.58 Å². The summed E-state index contributed by atoms with van der Waals surface area (Å²) in [7, 11) is -8.38. The zero-order chi connectivity index (χ0) is 33.1. The zero-order valence-electron chi connectivity index (χ0n) is 26.3. The molecule has 0 fully saturated rings. The molecule has 0 amide bonds. The summed E-state index contributed by atoms with van der Waals surface area (Å²) in [5, 5.41) is 10.5. The maximum absolute atomic E-state index is 12.0. The molecule has 14 heteroatoms. The second-order valence-corrected chi connectivity index (χ2v) is 16.9. The molecule has 0 radical (unpaired) electrons. The van der Waals surface area contributed by atoms with E-state index in [1.165, 1.54) is 0 Å². The second-order valence-electron chi connectivity index (χ2n) is 13.8. The van der Waals surface area contributed by atoms with Gasteiger partial charge in [0.15, 0.2) is 17.0 Å². The highest BCUT2D eigenvalue weighted by Crippen LogP contribution is 2.49. The Hall–Kier alpha value is -3.07. The average molecular weight is 665 g/mol. The van der Waals surface area contributed by atoms with E-state index in [0.717, 1.165) is 17.7 Å². The maximum atomic E-state index is 12.0. The number of carbonyl (C=O) groups is 1. The van der Waals surface area contributed by atoms with Gasteiger partial charge in [0.1, 0.15) is 17.6 Å². The molecule has 2 aromatic rings. The molecule has 0 aromatic heterocycles. The summed E-state index contributed by atoms with van der Waals surface area (Å²) in [6.45, 7) is 11.1.